The summed E-state index contributed by atoms with van der Waals surface area (Å²) in [5.74, 6) is 0.941. The fourth-order valence-corrected chi connectivity index (χ4v) is 4.18. The van der Waals surface area contributed by atoms with Gasteiger partial charge in [-0.1, -0.05) is 0 Å². The van der Waals surface area contributed by atoms with Crippen LogP contribution >= 0.6 is 0 Å². The molecule has 2 atom stereocenters. The van der Waals surface area contributed by atoms with Gasteiger partial charge >= 0.3 is 0 Å². The van der Waals surface area contributed by atoms with Gasteiger partial charge in [-0.3, -0.25) is 4.90 Å². The number of piperidine rings is 1. The van der Waals surface area contributed by atoms with Crippen molar-refractivity contribution in [3.63, 3.8) is 0 Å². The fourth-order valence-electron chi connectivity index (χ4n) is 4.18. The van der Waals surface area contributed by atoms with Gasteiger partial charge in [-0.05, 0) is 64.7 Å². The summed E-state index contributed by atoms with van der Waals surface area (Å²) in [4.78, 5) is 5.41. The van der Waals surface area contributed by atoms with Crippen molar-refractivity contribution in [2.75, 3.05) is 39.8 Å². The predicted molar refractivity (Wildman–Crippen MR) is 71.2 cm³/mol. The van der Waals surface area contributed by atoms with E-state index in [1.54, 1.807) is 0 Å². The molecule has 3 fully saturated rings. The van der Waals surface area contributed by atoms with Gasteiger partial charge in [0.05, 0.1) is 0 Å². The highest BCUT2D eigenvalue weighted by Crippen LogP contribution is 2.31. The summed E-state index contributed by atoms with van der Waals surface area (Å²) in [6, 6.07) is 1.74. The fraction of sp³-hybridized carbons (Fsp3) is 1.00. The van der Waals surface area contributed by atoms with Crippen molar-refractivity contribution in [2.45, 2.75) is 44.2 Å². The molecule has 0 aromatic rings. The van der Waals surface area contributed by atoms with Gasteiger partial charge in [0.25, 0.3) is 0 Å². The first-order valence-electron chi connectivity index (χ1n) is 7.49. The highest BCUT2D eigenvalue weighted by atomic mass is 15.3. The van der Waals surface area contributed by atoms with Crippen LogP contribution in [-0.4, -0.2) is 61.7 Å². The average molecular weight is 237 g/mol. The lowest BCUT2D eigenvalue weighted by Gasteiger charge is -2.34. The molecule has 3 saturated heterocycles. The van der Waals surface area contributed by atoms with Gasteiger partial charge in [0.1, 0.15) is 0 Å². The normalized spacial score (nSPS) is 35.6. The maximum Gasteiger partial charge on any atom is 0.0260 e. The van der Waals surface area contributed by atoms with E-state index in [4.69, 9.17) is 0 Å². The summed E-state index contributed by atoms with van der Waals surface area (Å²) in [6.45, 7) is 6.52. The van der Waals surface area contributed by atoms with Crippen molar-refractivity contribution in [1.29, 1.82) is 0 Å². The number of likely N-dealkylation sites (N-methyl/N-ethyl adjacent to an activating group) is 1. The number of rotatable bonds is 3. The first-order valence-corrected chi connectivity index (χ1v) is 7.49. The molecule has 0 aliphatic carbocycles. The maximum atomic E-state index is 3.47. The quantitative estimate of drug-likeness (QED) is 0.794. The molecule has 3 aliphatic rings. The van der Waals surface area contributed by atoms with E-state index in [0.717, 1.165) is 18.0 Å². The van der Waals surface area contributed by atoms with Crippen LogP contribution in [0.3, 0.4) is 0 Å². The molecule has 1 N–H and O–H groups in total. The van der Waals surface area contributed by atoms with Gasteiger partial charge in [0.2, 0.25) is 0 Å². The zero-order valence-corrected chi connectivity index (χ0v) is 11.2. The molecule has 3 heteroatoms. The third-order valence-electron chi connectivity index (χ3n) is 5.14. The minimum atomic E-state index is 0.854. The Morgan fingerprint density at radius 3 is 2.76 bits per heavy atom. The van der Waals surface area contributed by atoms with E-state index in [0.29, 0.717) is 0 Å². The molecule has 0 bridgehead atoms. The third-order valence-corrected chi connectivity index (χ3v) is 5.14. The van der Waals surface area contributed by atoms with Crippen molar-refractivity contribution < 1.29 is 0 Å². The second-order valence-electron chi connectivity index (χ2n) is 6.23. The van der Waals surface area contributed by atoms with Crippen LogP contribution in [-0.2, 0) is 0 Å². The maximum absolute atomic E-state index is 3.47. The molecular formula is C14H27N3. The van der Waals surface area contributed by atoms with Crippen LogP contribution in [0.4, 0.5) is 0 Å². The molecule has 3 heterocycles. The van der Waals surface area contributed by atoms with E-state index in [-0.39, 0.29) is 0 Å². The third kappa shape index (κ3) is 2.51. The van der Waals surface area contributed by atoms with E-state index in [9.17, 15) is 0 Å². The summed E-state index contributed by atoms with van der Waals surface area (Å²) in [5.41, 5.74) is 0. The summed E-state index contributed by atoms with van der Waals surface area (Å²) in [5, 5.41) is 3.47. The van der Waals surface area contributed by atoms with Crippen molar-refractivity contribution in [3.05, 3.63) is 0 Å². The van der Waals surface area contributed by atoms with Crippen molar-refractivity contribution >= 4 is 0 Å². The Balaban J connectivity index is 1.53. The molecular weight excluding hydrogens is 210 g/mol. The molecule has 17 heavy (non-hydrogen) atoms. The van der Waals surface area contributed by atoms with E-state index in [2.05, 4.69) is 22.2 Å². The lowest BCUT2D eigenvalue weighted by Crippen LogP contribution is -2.44. The molecule has 2 unspecified atom stereocenters. The van der Waals surface area contributed by atoms with Gasteiger partial charge in [0.15, 0.2) is 0 Å². The second kappa shape index (κ2) is 5.25. The van der Waals surface area contributed by atoms with Crippen LogP contribution in [0.2, 0.25) is 0 Å². The van der Waals surface area contributed by atoms with Gasteiger partial charge in [0, 0.05) is 25.2 Å². The van der Waals surface area contributed by atoms with E-state index in [1.165, 1.54) is 64.8 Å². The highest BCUT2D eigenvalue weighted by Gasteiger charge is 2.39. The monoisotopic (exact) mass is 237 g/mol. The number of nitrogens with zero attached hydrogens (tertiary/aromatic N) is 2. The van der Waals surface area contributed by atoms with Crippen LogP contribution in [0.15, 0.2) is 0 Å². The Kier molecular flexibility index (Phi) is 3.69. The van der Waals surface area contributed by atoms with E-state index >= 15 is 0 Å². The standard InChI is InChI=1S/C14H27N3/c1-16(11-12-4-7-15-8-5-12)13-6-10-17-9-2-3-14(13)17/h12-15H,2-11H2,1H3. The Bertz CT molecular complexity index is 250. The van der Waals surface area contributed by atoms with Gasteiger partial charge in [-0.25, -0.2) is 0 Å². The summed E-state index contributed by atoms with van der Waals surface area (Å²) < 4.78 is 0. The number of nitrogens with one attached hydrogen (secondary N) is 1. The Morgan fingerprint density at radius 2 is 1.94 bits per heavy atom. The molecule has 98 valence electrons. The van der Waals surface area contributed by atoms with Crippen molar-refractivity contribution in [2.24, 2.45) is 5.92 Å². The van der Waals surface area contributed by atoms with Crippen molar-refractivity contribution in [1.82, 2.24) is 15.1 Å². The van der Waals surface area contributed by atoms with Gasteiger partial charge in [-0.15, -0.1) is 0 Å². The second-order valence-corrected chi connectivity index (χ2v) is 6.23. The minimum Gasteiger partial charge on any atom is -0.317 e. The topological polar surface area (TPSA) is 18.5 Å². The van der Waals surface area contributed by atoms with Crippen LogP contribution in [0.1, 0.15) is 32.1 Å². The van der Waals surface area contributed by atoms with Crippen LogP contribution < -0.4 is 5.32 Å². The Morgan fingerprint density at radius 1 is 1.12 bits per heavy atom. The molecule has 3 rings (SSSR count). The molecule has 0 amide bonds. The number of fused-ring (bicyclic) bond motifs is 1. The van der Waals surface area contributed by atoms with Crippen molar-refractivity contribution in [3.8, 4) is 0 Å². The zero-order valence-electron chi connectivity index (χ0n) is 11.2. The number of hydrogen-bond donors (Lipinski definition) is 1. The largest absolute Gasteiger partial charge is 0.317 e. The van der Waals surface area contributed by atoms with Crippen LogP contribution in [0.5, 0.6) is 0 Å². The summed E-state index contributed by atoms with van der Waals surface area (Å²) >= 11 is 0. The molecule has 0 radical (unpaired) electrons. The average Bonchev–Trinajstić information content (AvgIpc) is 2.91. The minimum absolute atomic E-state index is 0.854. The van der Waals surface area contributed by atoms with Gasteiger partial charge < -0.3 is 10.2 Å². The number of hydrogen-bond acceptors (Lipinski definition) is 3. The van der Waals surface area contributed by atoms with E-state index < -0.39 is 0 Å². The zero-order chi connectivity index (χ0) is 11.7. The lowest BCUT2D eigenvalue weighted by molar-refractivity contribution is 0.156. The Hall–Kier alpha value is -0.120. The molecule has 0 spiro atoms. The molecule has 0 saturated carbocycles. The first-order chi connectivity index (χ1) is 8.34. The smallest absolute Gasteiger partial charge is 0.0260 e. The molecule has 0 aromatic heterocycles. The molecule has 3 nitrogen and oxygen atoms in total. The van der Waals surface area contributed by atoms with Crippen LogP contribution in [0, 0.1) is 5.92 Å². The summed E-state index contributed by atoms with van der Waals surface area (Å²) in [7, 11) is 2.37. The first kappa shape index (κ1) is 11.9. The highest BCUT2D eigenvalue weighted by molar-refractivity contribution is 4.96. The van der Waals surface area contributed by atoms with E-state index in [1.807, 2.05) is 0 Å². The molecule has 0 aromatic carbocycles. The lowest BCUT2D eigenvalue weighted by atomic mass is 9.96. The predicted octanol–water partition coefficient (Wildman–Crippen LogP) is 1.15. The van der Waals surface area contributed by atoms with Gasteiger partial charge in [-0.2, -0.15) is 0 Å². The molecule has 3 aliphatic heterocycles. The summed E-state index contributed by atoms with van der Waals surface area (Å²) in [6.07, 6.45) is 7.05. The van der Waals surface area contributed by atoms with Crippen LogP contribution in [0.25, 0.3) is 0 Å². The SMILES string of the molecule is CN(CC1CCNCC1)C1CCN2CCCC12. The Labute approximate surface area is 106 Å².